The van der Waals surface area contributed by atoms with E-state index in [1.165, 1.54) is 0 Å². The molecule has 2 saturated heterocycles. The number of nitrogens with one attached hydrogen (secondary N) is 2. The van der Waals surface area contributed by atoms with Gasteiger partial charge in [0.25, 0.3) is 0 Å². The van der Waals surface area contributed by atoms with Gasteiger partial charge in [-0.15, -0.1) is 0 Å². The van der Waals surface area contributed by atoms with Crippen LogP contribution in [0.2, 0.25) is 0 Å². The van der Waals surface area contributed by atoms with Gasteiger partial charge in [-0.25, -0.2) is 8.42 Å². The second kappa shape index (κ2) is 4.71. The van der Waals surface area contributed by atoms with Crippen LogP contribution in [0.5, 0.6) is 0 Å². The molecule has 2 aliphatic rings. The second-order valence-electron chi connectivity index (χ2n) is 4.65. The number of sulfone groups is 1. The van der Waals surface area contributed by atoms with Gasteiger partial charge >= 0.3 is 0 Å². The van der Waals surface area contributed by atoms with Crippen LogP contribution in [0.1, 0.15) is 19.3 Å². The first-order chi connectivity index (χ1) is 7.57. The van der Waals surface area contributed by atoms with Gasteiger partial charge in [0, 0.05) is 12.6 Å². The highest BCUT2D eigenvalue weighted by molar-refractivity contribution is 7.91. The van der Waals surface area contributed by atoms with E-state index in [4.69, 9.17) is 0 Å². The SMILES string of the molecule is O=C(N[C@@H]1CCCNC1)C1CCS(=O)(=O)C1. The van der Waals surface area contributed by atoms with Gasteiger partial charge in [-0.05, 0) is 25.8 Å². The number of hydrogen-bond acceptors (Lipinski definition) is 4. The quantitative estimate of drug-likeness (QED) is 0.675. The number of hydrogen-bond donors (Lipinski definition) is 2. The molecule has 2 N–H and O–H groups in total. The standard InChI is InChI=1S/C10H18N2O3S/c13-10(8-3-5-16(14,15)7-8)12-9-2-1-4-11-6-9/h8-9,11H,1-7H2,(H,12,13)/t8?,9-/m1/s1. The molecule has 2 rings (SSSR count). The van der Waals surface area contributed by atoms with Crippen molar-refractivity contribution in [2.24, 2.45) is 5.92 Å². The van der Waals surface area contributed by atoms with E-state index in [0.29, 0.717) is 6.42 Å². The highest BCUT2D eigenvalue weighted by Crippen LogP contribution is 2.18. The van der Waals surface area contributed by atoms with Gasteiger partial charge in [0.05, 0.1) is 17.4 Å². The Labute approximate surface area is 95.9 Å². The predicted molar refractivity (Wildman–Crippen MR) is 60.8 cm³/mol. The summed E-state index contributed by atoms with van der Waals surface area (Å²) in [7, 11) is -2.96. The van der Waals surface area contributed by atoms with E-state index in [1.807, 2.05) is 0 Å². The summed E-state index contributed by atoms with van der Waals surface area (Å²) in [5.41, 5.74) is 0. The van der Waals surface area contributed by atoms with E-state index < -0.39 is 9.84 Å². The van der Waals surface area contributed by atoms with E-state index in [9.17, 15) is 13.2 Å². The molecule has 0 aliphatic carbocycles. The summed E-state index contributed by atoms with van der Waals surface area (Å²) in [6.07, 6.45) is 2.53. The lowest BCUT2D eigenvalue weighted by Crippen LogP contribution is -2.47. The fraction of sp³-hybridized carbons (Fsp3) is 0.900. The van der Waals surface area contributed by atoms with E-state index in [-0.39, 0.29) is 29.4 Å². The molecule has 0 aromatic carbocycles. The molecule has 16 heavy (non-hydrogen) atoms. The molecule has 2 fully saturated rings. The lowest BCUT2D eigenvalue weighted by atomic mass is 10.0. The summed E-state index contributed by atoms with van der Waals surface area (Å²) in [6, 6.07) is 0.171. The summed E-state index contributed by atoms with van der Waals surface area (Å²) < 4.78 is 22.5. The zero-order valence-electron chi connectivity index (χ0n) is 9.24. The molecule has 92 valence electrons. The van der Waals surface area contributed by atoms with Crippen LogP contribution in [0.15, 0.2) is 0 Å². The van der Waals surface area contributed by atoms with Crippen molar-refractivity contribution in [2.45, 2.75) is 25.3 Å². The number of piperidine rings is 1. The van der Waals surface area contributed by atoms with E-state index in [1.54, 1.807) is 0 Å². The topological polar surface area (TPSA) is 75.3 Å². The minimum atomic E-state index is -2.96. The average molecular weight is 246 g/mol. The summed E-state index contributed by atoms with van der Waals surface area (Å²) in [5.74, 6) is -0.228. The number of amides is 1. The smallest absolute Gasteiger partial charge is 0.224 e. The first-order valence-corrected chi connectivity index (χ1v) is 7.60. The number of carbonyl (C=O) groups is 1. The molecule has 0 saturated carbocycles. The van der Waals surface area contributed by atoms with E-state index >= 15 is 0 Å². The maximum atomic E-state index is 11.8. The number of rotatable bonds is 2. The third kappa shape index (κ3) is 2.95. The number of carbonyl (C=O) groups excluding carboxylic acids is 1. The van der Waals surface area contributed by atoms with Crippen LogP contribution < -0.4 is 10.6 Å². The van der Waals surface area contributed by atoms with E-state index in [2.05, 4.69) is 10.6 Å². The molecular formula is C10H18N2O3S. The van der Waals surface area contributed by atoms with Crippen LogP contribution in [0.4, 0.5) is 0 Å². The molecule has 2 heterocycles. The lowest BCUT2D eigenvalue weighted by molar-refractivity contribution is -0.125. The van der Waals surface area contributed by atoms with Crippen molar-refractivity contribution in [3.63, 3.8) is 0 Å². The maximum Gasteiger partial charge on any atom is 0.224 e. The minimum absolute atomic E-state index is 0.0268. The third-order valence-corrected chi connectivity index (χ3v) is 5.01. The molecule has 0 bridgehead atoms. The second-order valence-corrected chi connectivity index (χ2v) is 6.88. The minimum Gasteiger partial charge on any atom is -0.352 e. The molecule has 0 radical (unpaired) electrons. The monoisotopic (exact) mass is 246 g/mol. The van der Waals surface area contributed by atoms with Gasteiger partial charge in [-0.1, -0.05) is 0 Å². The van der Waals surface area contributed by atoms with Gasteiger partial charge in [0.15, 0.2) is 9.84 Å². The predicted octanol–water partition coefficient (Wildman–Crippen LogP) is -0.711. The fourth-order valence-corrected chi connectivity index (χ4v) is 4.04. The first kappa shape index (κ1) is 11.9. The van der Waals surface area contributed by atoms with Crippen LogP contribution in [0, 0.1) is 5.92 Å². The van der Waals surface area contributed by atoms with Crippen LogP contribution >= 0.6 is 0 Å². The van der Waals surface area contributed by atoms with Crippen molar-refractivity contribution in [2.75, 3.05) is 24.6 Å². The summed E-state index contributed by atoms with van der Waals surface area (Å²) in [5, 5.41) is 6.15. The Bertz CT molecular complexity index is 360. The van der Waals surface area contributed by atoms with Gasteiger partial charge in [-0.3, -0.25) is 4.79 Å². The maximum absolute atomic E-state index is 11.8. The van der Waals surface area contributed by atoms with Crippen molar-refractivity contribution < 1.29 is 13.2 Å². The zero-order valence-corrected chi connectivity index (χ0v) is 10.1. The highest BCUT2D eigenvalue weighted by atomic mass is 32.2. The lowest BCUT2D eigenvalue weighted by Gasteiger charge is -2.24. The van der Waals surface area contributed by atoms with Crippen LogP contribution in [-0.4, -0.2) is 45.0 Å². The molecule has 5 nitrogen and oxygen atoms in total. The molecule has 0 spiro atoms. The van der Waals surface area contributed by atoms with Gasteiger partial charge < -0.3 is 10.6 Å². The van der Waals surface area contributed by atoms with Crippen LogP contribution in [0.3, 0.4) is 0 Å². The zero-order chi connectivity index (χ0) is 11.6. The normalized spacial score (nSPS) is 33.5. The molecule has 1 amide bonds. The summed E-state index contributed by atoms with van der Waals surface area (Å²) in [6.45, 7) is 1.80. The molecule has 0 aromatic heterocycles. The third-order valence-electron chi connectivity index (χ3n) is 3.25. The van der Waals surface area contributed by atoms with Gasteiger partial charge in [0.1, 0.15) is 0 Å². The Balaban J connectivity index is 1.84. The van der Waals surface area contributed by atoms with Gasteiger partial charge in [-0.2, -0.15) is 0 Å². The van der Waals surface area contributed by atoms with Crippen molar-refractivity contribution in [1.82, 2.24) is 10.6 Å². The van der Waals surface area contributed by atoms with Crippen molar-refractivity contribution in [1.29, 1.82) is 0 Å². The van der Waals surface area contributed by atoms with E-state index in [0.717, 1.165) is 25.9 Å². The molecular weight excluding hydrogens is 228 g/mol. The summed E-state index contributed by atoms with van der Waals surface area (Å²) in [4.78, 5) is 11.8. The van der Waals surface area contributed by atoms with Crippen molar-refractivity contribution in [3.8, 4) is 0 Å². The Hall–Kier alpha value is -0.620. The molecule has 6 heteroatoms. The van der Waals surface area contributed by atoms with Crippen molar-refractivity contribution in [3.05, 3.63) is 0 Å². The van der Waals surface area contributed by atoms with Crippen LogP contribution in [-0.2, 0) is 14.6 Å². The Morgan fingerprint density at radius 3 is 2.69 bits per heavy atom. The molecule has 1 unspecified atom stereocenters. The average Bonchev–Trinajstić information content (AvgIpc) is 2.60. The highest BCUT2D eigenvalue weighted by Gasteiger charge is 2.33. The Morgan fingerprint density at radius 1 is 1.31 bits per heavy atom. The Morgan fingerprint density at radius 2 is 2.12 bits per heavy atom. The van der Waals surface area contributed by atoms with Gasteiger partial charge in [0.2, 0.25) is 5.91 Å². The molecule has 2 atom stereocenters. The molecule has 2 aliphatic heterocycles. The van der Waals surface area contributed by atoms with Crippen molar-refractivity contribution >= 4 is 15.7 Å². The Kier molecular flexibility index (Phi) is 3.49. The largest absolute Gasteiger partial charge is 0.352 e. The summed E-state index contributed by atoms with van der Waals surface area (Å²) >= 11 is 0. The fourth-order valence-electron chi connectivity index (χ4n) is 2.30. The first-order valence-electron chi connectivity index (χ1n) is 5.78. The van der Waals surface area contributed by atoms with Crippen LogP contribution in [0.25, 0.3) is 0 Å². The molecule has 0 aromatic rings.